The van der Waals surface area contributed by atoms with Gasteiger partial charge in [0.1, 0.15) is 36.9 Å². The average molecular weight is 791 g/mol. The van der Waals surface area contributed by atoms with Crippen LogP contribution in [0.3, 0.4) is 0 Å². The maximum absolute atomic E-state index is 13.7. The van der Waals surface area contributed by atoms with Crippen LogP contribution >= 0.6 is 0 Å². The minimum Gasteiger partial charge on any atom is -0.375 e. The van der Waals surface area contributed by atoms with Gasteiger partial charge in [0.05, 0.1) is 34.2 Å². The smallest absolute Gasteiger partial charge is 0.246 e. The molecule has 0 aliphatic carbocycles. The minimum atomic E-state index is -0.645. The zero-order valence-electron chi connectivity index (χ0n) is 34.1. The molecule has 14 nitrogen and oxygen atoms in total. The molecule has 58 heavy (non-hydrogen) atoms. The number of carbonyl (C=O) groups is 4. The second-order valence-electron chi connectivity index (χ2n) is 16.1. The van der Waals surface area contributed by atoms with Crippen LogP contribution in [0.25, 0.3) is 44.3 Å². The van der Waals surface area contributed by atoms with Crippen LogP contribution in [-0.2, 0) is 28.7 Å². The number of hydrogen-bond acceptors (Lipinski definition) is 8. The van der Waals surface area contributed by atoms with Crippen molar-refractivity contribution in [2.45, 2.75) is 77.5 Å². The number of methoxy groups -OCH3 is 2. The van der Waals surface area contributed by atoms with E-state index in [9.17, 15) is 19.2 Å². The molecule has 2 saturated heterocycles. The molecule has 2 aliphatic rings. The van der Waals surface area contributed by atoms with E-state index >= 15 is 0 Å². The van der Waals surface area contributed by atoms with Gasteiger partial charge in [0, 0.05) is 27.3 Å². The van der Waals surface area contributed by atoms with Gasteiger partial charge in [-0.15, -0.1) is 0 Å². The SMILES string of the molecule is COCC(=O)N[C@H](C(=O)N1CCC[C@H]1c1nc2ccc(-c3ccc(-c4ccc5nc([C@@H]6CCCN6C(=O)[C@@H](NC(=O)COC)C(C)C)[nH]c5c4)cc3)cc2[nH]1)C(C)C. The largest absolute Gasteiger partial charge is 0.375 e. The zero-order valence-corrected chi connectivity index (χ0v) is 34.1. The lowest BCUT2D eigenvalue weighted by Crippen LogP contribution is -2.51. The summed E-state index contributed by atoms with van der Waals surface area (Å²) in [5, 5.41) is 5.71. The van der Waals surface area contributed by atoms with Gasteiger partial charge < -0.3 is 39.9 Å². The third-order valence-electron chi connectivity index (χ3n) is 11.3. The van der Waals surface area contributed by atoms with Crippen LogP contribution in [0.4, 0.5) is 0 Å². The van der Waals surface area contributed by atoms with Crippen LogP contribution in [0.1, 0.15) is 77.1 Å². The lowest BCUT2D eigenvalue weighted by Gasteiger charge is -2.30. The van der Waals surface area contributed by atoms with E-state index in [-0.39, 0.29) is 60.8 Å². The molecule has 0 saturated carbocycles. The first-order chi connectivity index (χ1) is 27.9. The number of nitrogens with zero attached hydrogens (tertiary/aromatic N) is 4. The second kappa shape index (κ2) is 17.5. The molecular weight excluding hydrogens is 737 g/mol. The predicted molar refractivity (Wildman–Crippen MR) is 221 cm³/mol. The van der Waals surface area contributed by atoms with E-state index in [0.717, 1.165) is 81.7 Å². The Labute approximate surface area is 338 Å². The fraction of sp³-hybridized carbons (Fsp3) is 0.455. The fourth-order valence-electron chi connectivity index (χ4n) is 8.29. The standard InChI is InChI=1S/C44H54N8O6/c1-25(2)39(49-37(53)23-57-5)43(55)51-19-7-9-35(51)41-45-31-17-15-29(21-33(31)47-41)27-11-13-28(14-12-27)30-16-18-32-34(22-30)48-42(46-32)36-10-8-20-52(36)44(56)40(26(3)4)50-38(54)24-58-6/h11-18,21-22,25-26,35-36,39-40H,7-10,19-20,23-24H2,1-6H3,(H,45,47)(H,46,48)(H,49,53)(H,50,54)/t35-,36-,39-,40-/m0/s1. The Bertz CT molecular complexity index is 2120. The molecule has 2 fully saturated rings. The molecule has 306 valence electrons. The summed E-state index contributed by atoms with van der Waals surface area (Å²) in [6.07, 6.45) is 3.29. The van der Waals surface area contributed by atoms with Gasteiger partial charge in [0.15, 0.2) is 0 Å². The Kier molecular flexibility index (Phi) is 12.2. The van der Waals surface area contributed by atoms with E-state index in [4.69, 9.17) is 19.4 Å². The number of rotatable bonds is 14. The van der Waals surface area contributed by atoms with E-state index in [0.29, 0.717) is 13.1 Å². The number of aromatic amines is 2. The number of hydrogen-bond donors (Lipinski definition) is 4. The Balaban J connectivity index is 1.05. The maximum atomic E-state index is 13.7. The highest BCUT2D eigenvalue weighted by molar-refractivity contribution is 5.90. The Morgan fingerprint density at radius 1 is 0.638 bits per heavy atom. The first kappa shape index (κ1) is 40.6. The second-order valence-corrected chi connectivity index (χ2v) is 16.1. The summed E-state index contributed by atoms with van der Waals surface area (Å²) in [5.41, 5.74) is 7.63. The number of imidazole rings is 2. The van der Waals surface area contributed by atoms with Crippen molar-refractivity contribution in [1.29, 1.82) is 0 Å². The van der Waals surface area contributed by atoms with Crippen molar-refractivity contribution < 1.29 is 28.7 Å². The molecule has 14 heteroatoms. The number of benzene rings is 3. The van der Waals surface area contributed by atoms with Crippen molar-refractivity contribution in [3.63, 3.8) is 0 Å². The number of fused-ring (bicyclic) bond motifs is 2. The summed E-state index contributed by atoms with van der Waals surface area (Å²) in [5.74, 6) is 0.487. The van der Waals surface area contributed by atoms with Gasteiger partial charge in [-0.2, -0.15) is 0 Å². The third-order valence-corrected chi connectivity index (χ3v) is 11.3. The number of ether oxygens (including phenoxy) is 2. The summed E-state index contributed by atoms with van der Waals surface area (Å²) in [4.78, 5) is 72.6. The van der Waals surface area contributed by atoms with E-state index < -0.39 is 12.1 Å². The van der Waals surface area contributed by atoms with Crippen molar-refractivity contribution >= 4 is 45.7 Å². The van der Waals surface area contributed by atoms with Gasteiger partial charge in [-0.05, 0) is 84.0 Å². The highest BCUT2D eigenvalue weighted by Crippen LogP contribution is 2.36. The average Bonchev–Trinajstić information content (AvgIpc) is 4.03. The topological polar surface area (TPSA) is 175 Å². The molecule has 7 rings (SSSR count). The molecule has 0 spiro atoms. The van der Waals surface area contributed by atoms with Crippen molar-refractivity contribution in [2.24, 2.45) is 11.8 Å². The molecule has 5 aromatic rings. The summed E-state index contributed by atoms with van der Waals surface area (Å²) >= 11 is 0. The van der Waals surface area contributed by atoms with Crippen molar-refractivity contribution in [3.05, 3.63) is 72.3 Å². The molecule has 2 aliphatic heterocycles. The maximum Gasteiger partial charge on any atom is 0.246 e. The molecule has 3 aromatic carbocycles. The lowest BCUT2D eigenvalue weighted by atomic mass is 10.00. The van der Waals surface area contributed by atoms with E-state index in [2.05, 4.69) is 69.1 Å². The molecular formula is C44H54N8O6. The van der Waals surface area contributed by atoms with Gasteiger partial charge >= 0.3 is 0 Å². The van der Waals surface area contributed by atoms with Crippen LogP contribution in [0.5, 0.6) is 0 Å². The summed E-state index contributed by atoms with van der Waals surface area (Å²) in [7, 11) is 2.92. The van der Waals surface area contributed by atoms with Gasteiger partial charge in [0.25, 0.3) is 0 Å². The third kappa shape index (κ3) is 8.48. The predicted octanol–water partition coefficient (Wildman–Crippen LogP) is 5.67. The van der Waals surface area contributed by atoms with Crippen molar-refractivity contribution in [2.75, 3.05) is 40.5 Å². The quantitative estimate of drug-likeness (QED) is 0.111. The zero-order chi connectivity index (χ0) is 41.1. The molecule has 2 aromatic heterocycles. The Morgan fingerprint density at radius 2 is 1.02 bits per heavy atom. The van der Waals surface area contributed by atoms with Crippen LogP contribution in [0.2, 0.25) is 0 Å². The number of carbonyl (C=O) groups excluding carboxylic acids is 4. The van der Waals surface area contributed by atoms with Crippen LogP contribution in [0, 0.1) is 11.8 Å². The van der Waals surface area contributed by atoms with Gasteiger partial charge in [-0.3, -0.25) is 19.2 Å². The monoisotopic (exact) mass is 790 g/mol. The Morgan fingerprint density at radius 3 is 1.38 bits per heavy atom. The van der Waals surface area contributed by atoms with E-state index in [1.807, 2.05) is 49.6 Å². The molecule has 0 unspecified atom stereocenters. The first-order valence-electron chi connectivity index (χ1n) is 20.2. The summed E-state index contributed by atoms with van der Waals surface area (Å²) in [6.45, 7) is 8.74. The molecule has 4 atom stereocenters. The minimum absolute atomic E-state index is 0.0834. The van der Waals surface area contributed by atoms with E-state index in [1.54, 1.807) is 0 Å². The van der Waals surface area contributed by atoms with Crippen LogP contribution in [-0.4, -0.2) is 106 Å². The molecule has 0 bridgehead atoms. The first-order valence-corrected chi connectivity index (χ1v) is 20.2. The van der Waals surface area contributed by atoms with Gasteiger partial charge in [-0.25, -0.2) is 9.97 Å². The fourth-order valence-corrected chi connectivity index (χ4v) is 8.29. The molecule has 4 heterocycles. The summed E-state index contributed by atoms with van der Waals surface area (Å²) < 4.78 is 9.93. The van der Waals surface area contributed by atoms with E-state index in [1.165, 1.54) is 14.2 Å². The highest BCUT2D eigenvalue weighted by atomic mass is 16.5. The Hall–Kier alpha value is -5.60. The summed E-state index contributed by atoms with van der Waals surface area (Å²) in [6, 6.07) is 19.0. The number of amides is 4. The number of likely N-dealkylation sites (tertiary alicyclic amines) is 2. The van der Waals surface area contributed by atoms with Crippen molar-refractivity contribution in [3.8, 4) is 22.3 Å². The van der Waals surface area contributed by atoms with Crippen LogP contribution < -0.4 is 10.6 Å². The highest BCUT2D eigenvalue weighted by Gasteiger charge is 2.39. The van der Waals surface area contributed by atoms with Crippen LogP contribution in [0.15, 0.2) is 60.7 Å². The lowest BCUT2D eigenvalue weighted by molar-refractivity contribution is -0.139. The number of nitrogens with one attached hydrogen (secondary N) is 4. The molecule has 4 N–H and O–H groups in total. The van der Waals surface area contributed by atoms with Crippen molar-refractivity contribution in [1.82, 2.24) is 40.4 Å². The number of aromatic nitrogens is 4. The number of H-pyrrole nitrogens is 2. The normalized spacial score (nSPS) is 18.1. The van der Waals surface area contributed by atoms with Gasteiger partial charge in [-0.1, -0.05) is 64.1 Å². The molecule has 0 radical (unpaired) electrons. The molecule has 4 amide bonds. The van der Waals surface area contributed by atoms with Gasteiger partial charge in [0.2, 0.25) is 23.6 Å².